The number of rotatable bonds is 12. The van der Waals surface area contributed by atoms with Gasteiger partial charge in [0.25, 0.3) is 11.8 Å². The van der Waals surface area contributed by atoms with E-state index in [1.54, 1.807) is 31.4 Å². The van der Waals surface area contributed by atoms with E-state index in [4.69, 9.17) is 14.2 Å². The number of hydrogen-bond acceptors (Lipinski definition) is 10. The van der Waals surface area contributed by atoms with Gasteiger partial charge in [0.2, 0.25) is 10.2 Å². The van der Waals surface area contributed by atoms with Crippen molar-refractivity contribution in [2.75, 3.05) is 41.6 Å². The summed E-state index contributed by atoms with van der Waals surface area (Å²) in [5, 5.41) is 8.54. The van der Waals surface area contributed by atoms with Gasteiger partial charge in [0.15, 0.2) is 9.74 Å². The van der Waals surface area contributed by atoms with Gasteiger partial charge in [0, 0.05) is 34.1 Å². The zero-order chi connectivity index (χ0) is 27.8. The molecular weight excluding hydrogens is 518 g/mol. The molecular formula is C25H33N3O7S2. The van der Waals surface area contributed by atoms with E-state index < -0.39 is 37.8 Å². The van der Waals surface area contributed by atoms with Crippen LogP contribution in [-0.2, 0) is 28.7 Å². The molecule has 1 aromatic rings. The zero-order valence-electron chi connectivity index (χ0n) is 21.9. The van der Waals surface area contributed by atoms with Gasteiger partial charge in [-0.1, -0.05) is 19.1 Å². The Bertz CT molecular complexity index is 1050. The minimum absolute atomic E-state index is 0.0812. The number of piperazine rings is 1. The van der Waals surface area contributed by atoms with Crippen molar-refractivity contribution in [3.8, 4) is 11.8 Å². The van der Waals surface area contributed by atoms with Crippen LogP contribution in [-0.4, -0.2) is 83.2 Å². The maximum absolute atomic E-state index is 14.4. The van der Waals surface area contributed by atoms with Crippen LogP contribution in [0.25, 0.3) is 0 Å². The summed E-state index contributed by atoms with van der Waals surface area (Å²) in [4.78, 5) is 53.4. The number of methoxy groups -OCH3 is 3. The molecule has 2 rings (SSSR count). The van der Waals surface area contributed by atoms with Crippen LogP contribution < -0.4 is 4.74 Å². The highest BCUT2D eigenvalue weighted by molar-refractivity contribution is 8.16. The highest BCUT2D eigenvalue weighted by Gasteiger charge is 2.63. The molecule has 1 saturated heterocycles. The molecule has 10 nitrogen and oxygen atoms in total. The molecule has 0 bridgehead atoms. The highest BCUT2D eigenvalue weighted by atomic mass is 32.2. The number of hydrogen-bond donors (Lipinski definition) is 0. The van der Waals surface area contributed by atoms with Crippen LogP contribution >= 0.6 is 23.5 Å². The van der Waals surface area contributed by atoms with Crippen molar-refractivity contribution in [1.82, 2.24) is 9.80 Å². The van der Waals surface area contributed by atoms with Gasteiger partial charge in [0.05, 0.1) is 19.2 Å². The molecule has 0 N–H and O–H groups in total. The molecule has 0 aromatic heterocycles. The van der Waals surface area contributed by atoms with E-state index in [2.05, 4.69) is 0 Å². The van der Waals surface area contributed by atoms with Gasteiger partial charge >= 0.3 is 0 Å². The van der Waals surface area contributed by atoms with Gasteiger partial charge in [-0.3, -0.25) is 19.2 Å². The summed E-state index contributed by atoms with van der Waals surface area (Å²) >= 11 is 1.39. The number of ether oxygens (including phenoxy) is 3. The quantitative estimate of drug-likeness (QED) is 0.383. The van der Waals surface area contributed by atoms with Gasteiger partial charge in [-0.2, -0.15) is 5.26 Å². The number of likely N-dealkylation sites (N-methyl/N-ethyl adjacent to an activating group) is 1. The molecule has 2 amide bonds. The molecule has 202 valence electrons. The van der Waals surface area contributed by atoms with Gasteiger partial charge < -0.3 is 24.0 Å². The number of carbonyl (C=O) groups excluding carboxylic acids is 4. The number of nitriles is 1. The van der Waals surface area contributed by atoms with Gasteiger partial charge in [-0.15, -0.1) is 0 Å². The predicted molar refractivity (Wildman–Crippen MR) is 141 cm³/mol. The van der Waals surface area contributed by atoms with Crippen molar-refractivity contribution in [1.29, 1.82) is 5.26 Å². The normalized spacial score (nSPS) is 22.5. The predicted octanol–water partition coefficient (Wildman–Crippen LogP) is 2.98. The third kappa shape index (κ3) is 6.29. The fourth-order valence-electron chi connectivity index (χ4n) is 4.29. The molecule has 1 fully saturated rings. The van der Waals surface area contributed by atoms with Crippen LogP contribution in [0.5, 0.6) is 5.75 Å². The Labute approximate surface area is 226 Å². The third-order valence-electron chi connectivity index (χ3n) is 6.18. The lowest BCUT2D eigenvalue weighted by atomic mass is 9.93. The summed E-state index contributed by atoms with van der Waals surface area (Å²) in [7, 11) is 5.70. The van der Waals surface area contributed by atoms with Crippen molar-refractivity contribution in [2.24, 2.45) is 0 Å². The molecule has 2 unspecified atom stereocenters. The second kappa shape index (κ2) is 13.3. The Morgan fingerprint density at radius 1 is 1.03 bits per heavy atom. The van der Waals surface area contributed by atoms with Crippen LogP contribution in [0.1, 0.15) is 44.7 Å². The van der Waals surface area contributed by atoms with E-state index in [0.29, 0.717) is 41.3 Å². The number of thioether (sulfide) groups is 2. The molecule has 0 saturated carbocycles. The molecule has 0 radical (unpaired) electrons. The van der Waals surface area contributed by atoms with E-state index in [1.807, 2.05) is 13.0 Å². The van der Waals surface area contributed by atoms with Crippen LogP contribution in [0.2, 0.25) is 0 Å². The topological polar surface area (TPSA) is 126 Å². The van der Waals surface area contributed by atoms with Crippen LogP contribution in [0, 0.1) is 11.3 Å². The van der Waals surface area contributed by atoms with Crippen LogP contribution in [0.3, 0.4) is 0 Å². The molecule has 0 spiro atoms. The lowest BCUT2D eigenvalue weighted by Crippen LogP contribution is -2.73. The summed E-state index contributed by atoms with van der Waals surface area (Å²) in [5.74, 6) is -0.461. The molecule has 1 aromatic carbocycles. The Hall–Kier alpha value is -2.59. The van der Waals surface area contributed by atoms with E-state index in [-0.39, 0.29) is 26.1 Å². The summed E-state index contributed by atoms with van der Waals surface area (Å²) in [5.41, 5.74) is 0.714. The third-order valence-corrected chi connectivity index (χ3v) is 8.63. The standard InChI is InChI=1S/C25H33N3O7S2/c1-7-19(17-9-11-18(35-6)12-10-17)28-22(31)24(2,36-20(29)15-33-4)27(3)23(32)25(28,13-8-14-26)37-21(30)16-34-5/h9-12,19H,7-8,13,15-16H2,1-6H3/t19?,24-,25?/m0/s1. The van der Waals surface area contributed by atoms with E-state index >= 15 is 0 Å². The minimum atomic E-state index is -1.72. The Morgan fingerprint density at radius 2 is 1.59 bits per heavy atom. The number of amides is 2. The van der Waals surface area contributed by atoms with Crippen LogP contribution in [0.15, 0.2) is 24.3 Å². The summed E-state index contributed by atoms with van der Waals surface area (Å²) in [6, 6.07) is 8.47. The number of carbonyl (C=O) groups is 4. The first kappa shape index (κ1) is 30.6. The van der Waals surface area contributed by atoms with Gasteiger partial charge in [-0.05, 0) is 54.6 Å². The second-order valence-electron chi connectivity index (χ2n) is 8.48. The monoisotopic (exact) mass is 551 g/mol. The SMILES string of the molecule is CCC(c1ccc(OC)cc1)N1C(=O)[C@](C)(SC(=O)COC)N(C)C(=O)C1(CCC#N)SC(=O)COC. The van der Waals surface area contributed by atoms with E-state index in [0.717, 1.165) is 0 Å². The Kier molecular flexibility index (Phi) is 11.0. The summed E-state index contributed by atoms with van der Waals surface area (Å²) in [6.45, 7) is 2.85. The lowest BCUT2D eigenvalue weighted by Gasteiger charge is -2.56. The molecule has 3 atom stereocenters. The van der Waals surface area contributed by atoms with Crippen molar-refractivity contribution in [2.45, 2.75) is 48.9 Å². The number of nitrogens with zero attached hydrogens (tertiary/aromatic N) is 3. The Balaban J connectivity index is 2.78. The fourth-order valence-corrected chi connectivity index (χ4v) is 6.61. The zero-order valence-corrected chi connectivity index (χ0v) is 23.6. The fraction of sp³-hybridized carbons (Fsp3) is 0.560. The minimum Gasteiger partial charge on any atom is -0.497 e. The molecule has 12 heteroatoms. The van der Waals surface area contributed by atoms with Gasteiger partial charge in [0.1, 0.15) is 19.0 Å². The van der Waals surface area contributed by atoms with E-state index in [1.165, 1.54) is 38.0 Å². The second-order valence-corrected chi connectivity index (χ2v) is 11.3. The van der Waals surface area contributed by atoms with Crippen LogP contribution in [0.4, 0.5) is 0 Å². The molecule has 1 aliphatic rings. The molecule has 1 aliphatic heterocycles. The summed E-state index contributed by atoms with van der Waals surface area (Å²) < 4.78 is 15.2. The highest BCUT2D eigenvalue weighted by Crippen LogP contribution is 2.50. The first-order valence-corrected chi connectivity index (χ1v) is 13.2. The molecule has 0 aliphatic carbocycles. The maximum Gasteiger partial charge on any atom is 0.261 e. The molecule has 1 heterocycles. The average Bonchev–Trinajstić information content (AvgIpc) is 2.88. The van der Waals surface area contributed by atoms with Gasteiger partial charge in [-0.25, -0.2) is 0 Å². The lowest BCUT2D eigenvalue weighted by molar-refractivity contribution is -0.168. The first-order valence-electron chi connectivity index (χ1n) is 11.6. The van der Waals surface area contributed by atoms with Crippen molar-refractivity contribution < 1.29 is 33.4 Å². The maximum atomic E-state index is 14.4. The Morgan fingerprint density at radius 3 is 2.08 bits per heavy atom. The average molecular weight is 552 g/mol. The smallest absolute Gasteiger partial charge is 0.261 e. The summed E-state index contributed by atoms with van der Waals surface area (Å²) in [6.07, 6.45) is 0.231. The van der Waals surface area contributed by atoms with Crippen molar-refractivity contribution in [3.63, 3.8) is 0 Å². The van der Waals surface area contributed by atoms with Crippen molar-refractivity contribution >= 4 is 45.6 Å². The van der Waals surface area contributed by atoms with Crippen molar-refractivity contribution in [3.05, 3.63) is 29.8 Å². The number of benzene rings is 1. The molecule has 37 heavy (non-hydrogen) atoms. The largest absolute Gasteiger partial charge is 0.497 e. The van der Waals surface area contributed by atoms with E-state index in [9.17, 15) is 24.4 Å². The first-order chi connectivity index (χ1) is 17.6.